The number of rotatable bonds is 10. The molecule has 34 heavy (non-hydrogen) atoms. The molecule has 178 valence electrons. The van der Waals surface area contributed by atoms with Crippen LogP contribution in [0.1, 0.15) is 30.5 Å². The lowest BCUT2D eigenvalue weighted by Crippen LogP contribution is -2.51. The highest BCUT2D eigenvalue weighted by Gasteiger charge is 2.31. The monoisotopic (exact) mass is 480 g/mol. The minimum atomic E-state index is -0.791. The number of carbonyl (C=O) groups is 2. The molecule has 0 unspecified atom stereocenters. The fraction of sp³-hybridized carbons (Fsp3) is 0.286. The van der Waals surface area contributed by atoms with Gasteiger partial charge in [0, 0.05) is 30.1 Å². The summed E-state index contributed by atoms with van der Waals surface area (Å²) in [7, 11) is 0. The molecule has 3 aromatic rings. The topological polar surface area (TPSA) is 49.4 Å². The van der Waals surface area contributed by atoms with E-state index in [9.17, 15) is 14.0 Å². The van der Waals surface area contributed by atoms with Crippen molar-refractivity contribution in [1.29, 1.82) is 0 Å². The van der Waals surface area contributed by atoms with E-state index in [1.165, 1.54) is 11.0 Å². The molecule has 1 atom stereocenters. The van der Waals surface area contributed by atoms with Gasteiger partial charge in [0.05, 0.1) is 6.42 Å². The van der Waals surface area contributed by atoms with Crippen LogP contribution >= 0.6 is 11.6 Å². The molecule has 0 aromatic heterocycles. The molecule has 2 amide bonds. The van der Waals surface area contributed by atoms with E-state index in [0.29, 0.717) is 23.6 Å². The summed E-state index contributed by atoms with van der Waals surface area (Å²) in [5.74, 6) is -0.663. The molecule has 4 nitrogen and oxygen atoms in total. The number of hydrogen-bond donors (Lipinski definition) is 1. The van der Waals surface area contributed by atoms with Gasteiger partial charge in [0.1, 0.15) is 11.9 Å². The Morgan fingerprint density at radius 1 is 0.912 bits per heavy atom. The van der Waals surface area contributed by atoms with Crippen LogP contribution in [0.15, 0.2) is 78.9 Å². The van der Waals surface area contributed by atoms with Crippen LogP contribution in [0.5, 0.6) is 0 Å². The van der Waals surface area contributed by atoms with E-state index in [-0.39, 0.29) is 30.7 Å². The highest BCUT2D eigenvalue weighted by Crippen LogP contribution is 2.19. The maximum atomic E-state index is 14.6. The number of benzene rings is 3. The van der Waals surface area contributed by atoms with E-state index in [1.54, 1.807) is 42.5 Å². The second kappa shape index (κ2) is 12.3. The molecule has 0 radical (unpaired) electrons. The van der Waals surface area contributed by atoms with Crippen molar-refractivity contribution < 1.29 is 14.0 Å². The van der Waals surface area contributed by atoms with E-state index in [1.807, 2.05) is 44.2 Å². The molecular weight excluding hydrogens is 451 g/mol. The van der Waals surface area contributed by atoms with Gasteiger partial charge in [0.25, 0.3) is 0 Å². The molecule has 6 heteroatoms. The minimum absolute atomic E-state index is 0.00824. The lowest BCUT2D eigenvalue weighted by molar-refractivity contribution is -0.140. The Bertz CT molecular complexity index is 1090. The van der Waals surface area contributed by atoms with Crippen LogP contribution < -0.4 is 5.32 Å². The van der Waals surface area contributed by atoms with Crippen molar-refractivity contribution >= 4 is 23.4 Å². The van der Waals surface area contributed by atoms with Gasteiger partial charge in [-0.15, -0.1) is 0 Å². The van der Waals surface area contributed by atoms with Crippen LogP contribution in [0.25, 0.3) is 0 Å². The number of halogens is 2. The van der Waals surface area contributed by atoms with Crippen molar-refractivity contribution in [2.24, 2.45) is 5.92 Å². The first-order valence-electron chi connectivity index (χ1n) is 11.4. The maximum absolute atomic E-state index is 14.6. The van der Waals surface area contributed by atoms with Crippen molar-refractivity contribution in [3.63, 3.8) is 0 Å². The van der Waals surface area contributed by atoms with Crippen LogP contribution in [0, 0.1) is 11.7 Å². The lowest BCUT2D eigenvalue weighted by Gasteiger charge is -2.32. The summed E-state index contributed by atoms with van der Waals surface area (Å²) in [6.07, 6.45) is 0.403. The molecule has 0 heterocycles. The summed E-state index contributed by atoms with van der Waals surface area (Å²) in [4.78, 5) is 28.4. The van der Waals surface area contributed by atoms with Gasteiger partial charge in [0.2, 0.25) is 11.8 Å². The summed E-state index contributed by atoms with van der Waals surface area (Å²) in [6.45, 7) is 4.50. The number of hydrogen-bond acceptors (Lipinski definition) is 2. The highest BCUT2D eigenvalue weighted by molar-refractivity contribution is 6.30. The highest BCUT2D eigenvalue weighted by atomic mass is 35.5. The number of carbonyl (C=O) groups excluding carboxylic acids is 2. The quantitative estimate of drug-likeness (QED) is 0.420. The third-order valence-electron chi connectivity index (χ3n) is 5.52. The normalized spacial score (nSPS) is 11.8. The molecule has 3 aromatic carbocycles. The number of nitrogens with zero attached hydrogens (tertiary/aromatic N) is 1. The fourth-order valence-electron chi connectivity index (χ4n) is 3.67. The summed E-state index contributed by atoms with van der Waals surface area (Å²) in [6, 6.07) is 22.1. The van der Waals surface area contributed by atoms with E-state index < -0.39 is 11.9 Å². The molecular formula is C28H30ClFN2O2. The summed E-state index contributed by atoms with van der Waals surface area (Å²) in [5, 5.41) is 3.54. The second-order valence-electron chi connectivity index (χ2n) is 8.76. The third-order valence-corrected chi connectivity index (χ3v) is 5.77. The van der Waals surface area contributed by atoms with Crippen molar-refractivity contribution in [1.82, 2.24) is 10.2 Å². The van der Waals surface area contributed by atoms with Crippen molar-refractivity contribution in [3.8, 4) is 0 Å². The summed E-state index contributed by atoms with van der Waals surface area (Å²) >= 11 is 5.99. The van der Waals surface area contributed by atoms with Crippen LogP contribution in [-0.4, -0.2) is 29.3 Å². The van der Waals surface area contributed by atoms with Gasteiger partial charge < -0.3 is 10.2 Å². The first-order valence-corrected chi connectivity index (χ1v) is 11.8. The van der Waals surface area contributed by atoms with Gasteiger partial charge >= 0.3 is 0 Å². The molecule has 0 aliphatic carbocycles. The van der Waals surface area contributed by atoms with E-state index in [0.717, 1.165) is 11.1 Å². The molecule has 0 bridgehead atoms. The van der Waals surface area contributed by atoms with Crippen molar-refractivity contribution in [3.05, 3.63) is 106 Å². The molecule has 0 fully saturated rings. The molecule has 0 spiro atoms. The lowest BCUT2D eigenvalue weighted by atomic mass is 10.0. The summed E-state index contributed by atoms with van der Waals surface area (Å²) < 4.78 is 14.6. The summed E-state index contributed by atoms with van der Waals surface area (Å²) in [5.41, 5.74) is 2.06. The molecule has 0 saturated heterocycles. The molecule has 3 rings (SSSR count). The van der Waals surface area contributed by atoms with Crippen LogP contribution in [0.3, 0.4) is 0 Å². The van der Waals surface area contributed by atoms with E-state index in [2.05, 4.69) is 5.32 Å². The van der Waals surface area contributed by atoms with Crippen molar-refractivity contribution in [2.45, 2.75) is 39.3 Å². The second-order valence-corrected chi connectivity index (χ2v) is 9.20. The van der Waals surface area contributed by atoms with E-state index >= 15 is 0 Å². The fourth-order valence-corrected chi connectivity index (χ4v) is 3.79. The van der Waals surface area contributed by atoms with Crippen LogP contribution in [-0.2, 0) is 29.0 Å². The standard InChI is InChI=1S/C28H30ClFN2O2/c1-20(2)18-31-28(34)26(16-21-8-4-3-5-9-21)32(19-23-10-6-7-11-25(23)30)27(33)17-22-12-14-24(29)15-13-22/h3-15,20,26H,16-19H2,1-2H3,(H,31,34)/t26-/m0/s1. The zero-order valence-corrected chi connectivity index (χ0v) is 20.3. The molecule has 0 aliphatic heterocycles. The SMILES string of the molecule is CC(C)CNC(=O)[C@H](Cc1ccccc1)N(Cc1ccccc1F)C(=O)Cc1ccc(Cl)cc1. The smallest absolute Gasteiger partial charge is 0.243 e. The first-order chi connectivity index (χ1) is 16.3. The predicted octanol–water partition coefficient (Wildman–Crippen LogP) is 5.43. The first kappa shape index (κ1) is 25.4. The molecule has 0 saturated carbocycles. The minimum Gasteiger partial charge on any atom is -0.354 e. The Balaban J connectivity index is 1.96. The largest absolute Gasteiger partial charge is 0.354 e. The Labute approximate surface area is 205 Å². The zero-order valence-electron chi connectivity index (χ0n) is 19.5. The average molecular weight is 481 g/mol. The Morgan fingerprint density at radius 2 is 1.56 bits per heavy atom. The zero-order chi connectivity index (χ0) is 24.5. The Morgan fingerprint density at radius 3 is 2.21 bits per heavy atom. The predicted molar refractivity (Wildman–Crippen MR) is 134 cm³/mol. The van der Waals surface area contributed by atoms with Gasteiger partial charge in [0.15, 0.2) is 0 Å². The van der Waals surface area contributed by atoms with E-state index in [4.69, 9.17) is 11.6 Å². The molecule has 1 N–H and O–H groups in total. The Hall–Kier alpha value is -3.18. The van der Waals surface area contributed by atoms with Crippen LogP contribution in [0.4, 0.5) is 4.39 Å². The van der Waals surface area contributed by atoms with Crippen molar-refractivity contribution in [2.75, 3.05) is 6.54 Å². The van der Waals surface area contributed by atoms with Gasteiger partial charge in [-0.1, -0.05) is 86.1 Å². The van der Waals surface area contributed by atoms with Gasteiger partial charge in [-0.3, -0.25) is 9.59 Å². The van der Waals surface area contributed by atoms with Gasteiger partial charge in [-0.2, -0.15) is 0 Å². The average Bonchev–Trinajstić information content (AvgIpc) is 2.83. The Kier molecular flexibility index (Phi) is 9.23. The maximum Gasteiger partial charge on any atom is 0.243 e. The van der Waals surface area contributed by atoms with Gasteiger partial charge in [-0.25, -0.2) is 4.39 Å². The number of amides is 2. The third kappa shape index (κ3) is 7.42. The molecule has 0 aliphatic rings. The van der Waals surface area contributed by atoms with Gasteiger partial charge in [-0.05, 0) is 35.2 Å². The van der Waals surface area contributed by atoms with Crippen LogP contribution in [0.2, 0.25) is 5.02 Å². The number of nitrogens with one attached hydrogen (secondary N) is 1.